The van der Waals surface area contributed by atoms with Gasteiger partial charge in [-0.05, 0) is 49.2 Å². The van der Waals surface area contributed by atoms with Crippen LogP contribution in [0.15, 0.2) is 48.5 Å². The fraction of sp³-hybridized carbons (Fsp3) is 0.409. The maximum Gasteiger partial charge on any atom is 0.224 e. The first-order valence-corrected chi connectivity index (χ1v) is 9.42. The second-order valence-corrected chi connectivity index (χ2v) is 7.35. The minimum Gasteiger partial charge on any atom is -0.369 e. The van der Waals surface area contributed by atoms with Gasteiger partial charge in [0.25, 0.3) is 0 Å². The molecule has 0 saturated carbocycles. The van der Waals surface area contributed by atoms with E-state index in [1.54, 1.807) is 0 Å². The minimum absolute atomic E-state index is 0.0665. The number of carbonyl (C=O) groups excluding carboxylic acids is 1. The van der Waals surface area contributed by atoms with Crippen molar-refractivity contribution < 1.29 is 4.79 Å². The van der Waals surface area contributed by atoms with Gasteiger partial charge in [0.05, 0.1) is 0 Å². The number of amides is 1. The molecule has 0 spiro atoms. The van der Waals surface area contributed by atoms with Crippen molar-refractivity contribution in [1.29, 1.82) is 0 Å². The summed E-state index contributed by atoms with van der Waals surface area (Å²) in [6, 6.07) is 16.5. The lowest BCUT2D eigenvalue weighted by Crippen LogP contribution is -2.44. The molecule has 0 bridgehead atoms. The molecule has 26 heavy (non-hydrogen) atoms. The fourth-order valence-electron chi connectivity index (χ4n) is 3.43. The van der Waals surface area contributed by atoms with Crippen molar-refractivity contribution >= 4 is 17.3 Å². The van der Waals surface area contributed by atoms with E-state index in [4.69, 9.17) is 0 Å². The Morgan fingerprint density at radius 3 is 2.42 bits per heavy atom. The molecule has 1 aliphatic heterocycles. The van der Waals surface area contributed by atoms with Gasteiger partial charge in [0.15, 0.2) is 0 Å². The zero-order valence-corrected chi connectivity index (χ0v) is 16.0. The minimum atomic E-state index is 0.0665. The van der Waals surface area contributed by atoms with Crippen molar-refractivity contribution in [2.24, 2.45) is 0 Å². The topological polar surface area (TPSA) is 35.6 Å². The molecule has 1 amide bonds. The third-order valence-electron chi connectivity index (χ3n) is 5.21. The molecule has 138 valence electrons. The lowest BCUT2D eigenvalue weighted by atomic mass is 9.97. The number of rotatable bonds is 5. The fourth-order valence-corrected chi connectivity index (χ4v) is 3.43. The van der Waals surface area contributed by atoms with Crippen LogP contribution < -0.4 is 10.2 Å². The predicted molar refractivity (Wildman–Crippen MR) is 109 cm³/mol. The van der Waals surface area contributed by atoms with Crippen molar-refractivity contribution in [3.63, 3.8) is 0 Å². The molecule has 0 aromatic heterocycles. The first-order chi connectivity index (χ1) is 12.5. The number of aryl methyl sites for hydroxylation is 1. The van der Waals surface area contributed by atoms with Crippen molar-refractivity contribution in [2.45, 2.75) is 26.2 Å². The summed E-state index contributed by atoms with van der Waals surface area (Å²) in [5.41, 5.74) is 4.46. The van der Waals surface area contributed by atoms with Gasteiger partial charge in [-0.2, -0.15) is 0 Å². The van der Waals surface area contributed by atoms with E-state index < -0.39 is 0 Å². The second-order valence-electron chi connectivity index (χ2n) is 7.35. The Bertz CT molecular complexity index is 736. The van der Waals surface area contributed by atoms with E-state index in [9.17, 15) is 4.79 Å². The number of nitrogens with zero attached hydrogens (tertiary/aromatic N) is 2. The van der Waals surface area contributed by atoms with Gasteiger partial charge in [0.2, 0.25) is 5.91 Å². The molecule has 4 nitrogen and oxygen atoms in total. The molecular weight excluding hydrogens is 322 g/mol. The lowest BCUT2D eigenvalue weighted by molar-refractivity contribution is -0.116. The van der Waals surface area contributed by atoms with E-state index in [-0.39, 0.29) is 11.8 Å². The van der Waals surface area contributed by atoms with E-state index in [0.29, 0.717) is 6.42 Å². The Morgan fingerprint density at radius 2 is 1.77 bits per heavy atom. The molecule has 1 unspecified atom stereocenters. The summed E-state index contributed by atoms with van der Waals surface area (Å²) >= 11 is 0. The number of carbonyl (C=O) groups is 1. The summed E-state index contributed by atoms with van der Waals surface area (Å²) in [5.74, 6) is 0.276. The quantitative estimate of drug-likeness (QED) is 0.888. The van der Waals surface area contributed by atoms with Gasteiger partial charge in [-0.15, -0.1) is 0 Å². The number of anilines is 2. The third kappa shape index (κ3) is 4.64. The van der Waals surface area contributed by atoms with Crippen LogP contribution in [0.4, 0.5) is 11.4 Å². The molecule has 1 fully saturated rings. The van der Waals surface area contributed by atoms with E-state index >= 15 is 0 Å². The number of benzene rings is 2. The van der Waals surface area contributed by atoms with Crippen LogP contribution in [0.1, 0.15) is 30.4 Å². The van der Waals surface area contributed by atoms with Gasteiger partial charge in [-0.1, -0.05) is 37.3 Å². The van der Waals surface area contributed by atoms with Crippen LogP contribution in [0.5, 0.6) is 0 Å². The van der Waals surface area contributed by atoms with Crippen LogP contribution in [-0.4, -0.2) is 44.0 Å². The zero-order valence-electron chi connectivity index (χ0n) is 16.0. The van der Waals surface area contributed by atoms with Crippen LogP contribution in [0.25, 0.3) is 0 Å². The summed E-state index contributed by atoms with van der Waals surface area (Å²) in [5, 5.41) is 3.08. The number of nitrogens with one attached hydrogen (secondary N) is 1. The molecule has 2 aromatic rings. The smallest absolute Gasteiger partial charge is 0.224 e. The normalized spacial score (nSPS) is 16.3. The van der Waals surface area contributed by atoms with E-state index in [0.717, 1.165) is 37.4 Å². The molecule has 4 heteroatoms. The SMILES string of the molecule is Cc1cc(N2CCN(C)CC2)ccc1NC(=O)CC(C)c1ccccc1. The first kappa shape index (κ1) is 18.5. The van der Waals surface area contributed by atoms with Crippen LogP contribution in [0, 0.1) is 6.92 Å². The average molecular weight is 351 g/mol. The van der Waals surface area contributed by atoms with Crippen molar-refractivity contribution in [3.8, 4) is 0 Å². The molecule has 1 saturated heterocycles. The molecule has 1 aliphatic rings. The van der Waals surface area contributed by atoms with Gasteiger partial charge < -0.3 is 15.1 Å². The monoisotopic (exact) mass is 351 g/mol. The standard InChI is InChI=1S/C22H29N3O/c1-17(19-7-5-4-6-8-19)16-22(26)23-21-10-9-20(15-18(21)2)25-13-11-24(3)12-14-25/h4-10,15,17H,11-14,16H2,1-3H3,(H,23,26). The van der Waals surface area contributed by atoms with Crippen LogP contribution in [0.3, 0.4) is 0 Å². The zero-order chi connectivity index (χ0) is 18.5. The Kier molecular flexibility index (Phi) is 5.94. The molecule has 0 aliphatic carbocycles. The molecule has 1 N–H and O–H groups in total. The molecule has 2 aromatic carbocycles. The van der Waals surface area contributed by atoms with Gasteiger partial charge in [-0.25, -0.2) is 0 Å². The second kappa shape index (κ2) is 8.37. The van der Waals surface area contributed by atoms with Gasteiger partial charge >= 0.3 is 0 Å². The Labute approximate surface area is 156 Å². The Hall–Kier alpha value is -2.33. The summed E-state index contributed by atoms with van der Waals surface area (Å²) in [7, 11) is 2.16. The molecule has 1 atom stereocenters. The molecule has 3 rings (SSSR count). The van der Waals surface area contributed by atoms with Gasteiger partial charge in [0, 0.05) is 44.0 Å². The van der Waals surface area contributed by atoms with Crippen molar-refractivity contribution in [3.05, 3.63) is 59.7 Å². The van der Waals surface area contributed by atoms with Gasteiger partial charge in [0.1, 0.15) is 0 Å². The van der Waals surface area contributed by atoms with Crippen LogP contribution >= 0.6 is 0 Å². The summed E-state index contributed by atoms with van der Waals surface area (Å²) in [6.45, 7) is 8.45. The van der Waals surface area contributed by atoms with Gasteiger partial charge in [-0.3, -0.25) is 4.79 Å². The Balaban J connectivity index is 1.60. The maximum absolute atomic E-state index is 12.4. The lowest BCUT2D eigenvalue weighted by Gasteiger charge is -2.34. The van der Waals surface area contributed by atoms with Crippen molar-refractivity contribution in [2.75, 3.05) is 43.4 Å². The number of piperazine rings is 1. The highest BCUT2D eigenvalue weighted by molar-refractivity contribution is 5.92. The highest BCUT2D eigenvalue weighted by Gasteiger charge is 2.16. The first-order valence-electron chi connectivity index (χ1n) is 9.42. The predicted octanol–water partition coefficient (Wildman–Crippen LogP) is 3.88. The maximum atomic E-state index is 12.4. The largest absolute Gasteiger partial charge is 0.369 e. The Morgan fingerprint density at radius 1 is 1.08 bits per heavy atom. The number of hydrogen-bond donors (Lipinski definition) is 1. The molecule has 1 heterocycles. The highest BCUT2D eigenvalue weighted by atomic mass is 16.1. The van der Waals surface area contributed by atoms with E-state index in [1.165, 1.54) is 11.3 Å². The number of likely N-dealkylation sites (N-methyl/N-ethyl adjacent to an activating group) is 1. The van der Waals surface area contributed by atoms with Crippen LogP contribution in [-0.2, 0) is 4.79 Å². The van der Waals surface area contributed by atoms with E-state index in [2.05, 4.69) is 60.3 Å². The average Bonchev–Trinajstić information content (AvgIpc) is 2.64. The summed E-state index contributed by atoms with van der Waals surface area (Å²) in [4.78, 5) is 17.2. The summed E-state index contributed by atoms with van der Waals surface area (Å²) < 4.78 is 0. The third-order valence-corrected chi connectivity index (χ3v) is 5.21. The molecule has 0 radical (unpaired) electrons. The highest BCUT2D eigenvalue weighted by Crippen LogP contribution is 2.25. The van der Waals surface area contributed by atoms with E-state index in [1.807, 2.05) is 24.3 Å². The molecular formula is C22H29N3O. The van der Waals surface area contributed by atoms with Crippen LogP contribution in [0.2, 0.25) is 0 Å². The van der Waals surface area contributed by atoms with Crippen molar-refractivity contribution in [1.82, 2.24) is 4.90 Å². The number of hydrogen-bond acceptors (Lipinski definition) is 3. The summed E-state index contributed by atoms with van der Waals surface area (Å²) in [6.07, 6.45) is 0.490.